The fraction of sp³-hybridized carbons (Fsp3) is 0.812. The molecule has 1 aromatic heterocycles. The van der Waals surface area contributed by atoms with Gasteiger partial charge in [-0.15, -0.1) is 0 Å². The van der Waals surface area contributed by atoms with Gasteiger partial charge in [-0.1, -0.05) is 40.5 Å². The Morgan fingerprint density at radius 3 is 2.45 bits per heavy atom. The number of aryl methyl sites for hydroxylation is 1. The van der Waals surface area contributed by atoms with Crippen molar-refractivity contribution in [3.63, 3.8) is 0 Å². The largest absolute Gasteiger partial charge is 0.333 e. The highest BCUT2D eigenvalue weighted by Crippen LogP contribution is 2.22. The highest BCUT2D eigenvalue weighted by atomic mass is 15.2. The lowest BCUT2D eigenvalue weighted by molar-refractivity contribution is 0.168. The van der Waals surface area contributed by atoms with Crippen LogP contribution in [0.25, 0.3) is 0 Å². The zero-order valence-electron chi connectivity index (χ0n) is 13.7. The second-order valence-electron chi connectivity index (χ2n) is 5.53. The minimum absolute atomic E-state index is 0.287. The highest BCUT2D eigenvalue weighted by Gasteiger charge is 2.22. The van der Waals surface area contributed by atoms with Gasteiger partial charge in [0, 0.05) is 25.8 Å². The van der Waals surface area contributed by atoms with Crippen molar-refractivity contribution in [2.75, 3.05) is 19.6 Å². The number of nitrogens with zero attached hydrogens (tertiary/aromatic N) is 3. The molecular weight excluding hydrogens is 248 g/mol. The van der Waals surface area contributed by atoms with Gasteiger partial charge in [0.15, 0.2) is 0 Å². The number of nitrogens with two attached hydrogens (primary N) is 1. The van der Waals surface area contributed by atoms with E-state index in [-0.39, 0.29) is 6.04 Å². The van der Waals surface area contributed by atoms with Crippen molar-refractivity contribution in [1.29, 1.82) is 0 Å². The average molecular weight is 280 g/mol. The van der Waals surface area contributed by atoms with Crippen molar-refractivity contribution < 1.29 is 0 Å². The Kier molecular flexibility index (Phi) is 7.85. The zero-order valence-corrected chi connectivity index (χ0v) is 13.7. The Morgan fingerprint density at radius 2 is 1.95 bits per heavy atom. The smallest absolute Gasteiger partial charge is 0.0948 e. The van der Waals surface area contributed by atoms with Crippen molar-refractivity contribution in [2.45, 2.75) is 59.5 Å². The van der Waals surface area contributed by atoms with Gasteiger partial charge in [0.05, 0.1) is 18.1 Å². The Morgan fingerprint density at radius 1 is 1.25 bits per heavy atom. The summed E-state index contributed by atoms with van der Waals surface area (Å²) in [5.74, 6) is 0.756. The SMILES string of the molecule is CCCn1cncc1C(CN)N(CC)CC(CC)CC. The molecule has 0 saturated carbocycles. The van der Waals surface area contributed by atoms with Crippen LogP contribution in [-0.4, -0.2) is 34.1 Å². The monoisotopic (exact) mass is 280 g/mol. The standard InChI is InChI=1S/C16H32N4/c1-5-9-20-13-18-11-16(20)15(10-17)19(8-4)12-14(6-2)7-3/h11,13-15H,5-10,12,17H2,1-4H3. The van der Waals surface area contributed by atoms with Gasteiger partial charge in [-0.05, 0) is 18.9 Å². The van der Waals surface area contributed by atoms with Gasteiger partial charge in [-0.25, -0.2) is 4.98 Å². The van der Waals surface area contributed by atoms with Crippen LogP contribution in [0, 0.1) is 5.92 Å². The third kappa shape index (κ3) is 4.32. The molecule has 0 fully saturated rings. The van der Waals surface area contributed by atoms with Crippen LogP contribution in [0.5, 0.6) is 0 Å². The van der Waals surface area contributed by atoms with Gasteiger partial charge in [-0.3, -0.25) is 4.90 Å². The second kappa shape index (κ2) is 9.14. The van der Waals surface area contributed by atoms with Crippen LogP contribution >= 0.6 is 0 Å². The molecule has 1 unspecified atom stereocenters. The molecule has 4 nitrogen and oxygen atoms in total. The summed E-state index contributed by atoms with van der Waals surface area (Å²) in [7, 11) is 0. The first-order valence-electron chi connectivity index (χ1n) is 8.15. The number of rotatable bonds is 10. The first kappa shape index (κ1) is 17.2. The van der Waals surface area contributed by atoms with Gasteiger partial charge in [0.2, 0.25) is 0 Å². The number of hydrogen-bond acceptors (Lipinski definition) is 3. The van der Waals surface area contributed by atoms with Gasteiger partial charge >= 0.3 is 0 Å². The van der Waals surface area contributed by atoms with E-state index in [1.165, 1.54) is 18.5 Å². The minimum Gasteiger partial charge on any atom is -0.333 e. The molecule has 0 bridgehead atoms. The average Bonchev–Trinajstić information content (AvgIpc) is 2.92. The summed E-state index contributed by atoms with van der Waals surface area (Å²) in [4.78, 5) is 6.84. The molecule has 0 radical (unpaired) electrons. The lowest BCUT2D eigenvalue weighted by Gasteiger charge is -2.33. The molecule has 4 heteroatoms. The van der Waals surface area contributed by atoms with Crippen molar-refractivity contribution in [3.8, 4) is 0 Å². The molecular formula is C16H32N4. The predicted molar refractivity (Wildman–Crippen MR) is 85.6 cm³/mol. The van der Waals surface area contributed by atoms with E-state index in [2.05, 4.69) is 42.1 Å². The lowest BCUT2D eigenvalue weighted by atomic mass is 10.0. The van der Waals surface area contributed by atoms with E-state index in [1.54, 1.807) is 0 Å². The summed E-state index contributed by atoms with van der Waals surface area (Å²) in [6.45, 7) is 12.8. The molecule has 0 amide bonds. The van der Waals surface area contributed by atoms with Gasteiger partial charge in [0.25, 0.3) is 0 Å². The summed E-state index contributed by atoms with van der Waals surface area (Å²) < 4.78 is 2.26. The summed E-state index contributed by atoms with van der Waals surface area (Å²) in [6.07, 6.45) is 7.52. The van der Waals surface area contributed by atoms with E-state index in [0.29, 0.717) is 6.54 Å². The molecule has 0 spiro atoms. The van der Waals surface area contributed by atoms with Crippen LogP contribution in [0.1, 0.15) is 58.7 Å². The third-order valence-electron chi connectivity index (χ3n) is 4.27. The number of imidazole rings is 1. The van der Waals surface area contributed by atoms with E-state index in [1.807, 2.05) is 12.5 Å². The molecule has 1 heterocycles. The summed E-state index contributed by atoms with van der Waals surface area (Å²) >= 11 is 0. The zero-order chi connectivity index (χ0) is 15.0. The number of hydrogen-bond donors (Lipinski definition) is 1. The quantitative estimate of drug-likeness (QED) is 0.716. The van der Waals surface area contributed by atoms with E-state index < -0.39 is 0 Å². The maximum absolute atomic E-state index is 6.08. The molecule has 20 heavy (non-hydrogen) atoms. The molecule has 116 valence electrons. The summed E-state index contributed by atoms with van der Waals surface area (Å²) in [5, 5.41) is 0. The fourth-order valence-corrected chi connectivity index (χ4v) is 2.85. The minimum atomic E-state index is 0.287. The number of likely N-dealkylation sites (N-methyl/N-ethyl adjacent to an activating group) is 1. The van der Waals surface area contributed by atoms with Gasteiger partial charge in [0.1, 0.15) is 0 Å². The molecule has 0 aliphatic heterocycles. The summed E-state index contributed by atoms with van der Waals surface area (Å²) in [5.41, 5.74) is 7.35. The second-order valence-corrected chi connectivity index (χ2v) is 5.53. The van der Waals surface area contributed by atoms with Crippen molar-refractivity contribution in [3.05, 3.63) is 18.2 Å². The van der Waals surface area contributed by atoms with Crippen molar-refractivity contribution in [1.82, 2.24) is 14.5 Å². The van der Waals surface area contributed by atoms with E-state index in [0.717, 1.165) is 32.0 Å². The molecule has 0 saturated heterocycles. The molecule has 1 atom stereocenters. The van der Waals surface area contributed by atoms with Crippen LogP contribution in [-0.2, 0) is 6.54 Å². The Labute approximate surface area is 124 Å². The first-order chi connectivity index (χ1) is 9.71. The molecule has 1 rings (SSSR count). The van der Waals surface area contributed by atoms with E-state index in [9.17, 15) is 0 Å². The first-order valence-corrected chi connectivity index (χ1v) is 8.15. The fourth-order valence-electron chi connectivity index (χ4n) is 2.85. The van der Waals surface area contributed by atoms with Crippen LogP contribution in [0.3, 0.4) is 0 Å². The maximum atomic E-state index is 6.08. The molecule has 1 aromatic rings. The van der Waals surface area contributed by atoms with E-state index in [4.69, 9.17) is 5.73 Å². The Balaban J connectivity index is 2.87. The van der Waals surface area contributed by atoms with Crippen LogP contribution in [0.2, 0.25) is 0 Å². The normalized spacial score (nSPS) is 13.3. The van der Waals surface area contributed by atoms with E-state index >= 15 is 0 Å². The molecule has 0 aliphatic carbocycles. The molecule has 2 N–H and O–H groups in total. The lowest BCUT2D eigenvalue weighted by Crippen LogP contribution is -2.38. The van der Waals surface area contributed by atoms with Gasteiger partial charge in [-0.2, -0.15) is 0 Å². The van der Waals surface area contributed by atoms with Crippen LogP contribution < -0.4 is 5.73 Å². The van der Waals surface area contributed by atoms with Crippen LogP contribution in [0.15, 0.2) is 12.5 Å². The third-order valence-corrected chi connectivity index (χ3v) is 4.27. The molecule has 0 aromatic carbocycles. The highest BCUT2D eigenvalue weighted by molar-refractivity contribution is 5.06. The number of aromatic nitrogens is 2. The molecule has 0 aliphatic rings. The topological polar surface area (TPSA) is 47.1 Å². The van der Waals surface area contributed by atoms with Gasteiger partial charge < -0.3 is 10.3 Å². The Hall–Kier alpha value is -0.870. The maximum Gasteiger partial charge on any atom is 0.0948 e. The Bertz CT molecular complexity index is 357. The predicted octanol–water partition coefficient (Wildman–Crippen LogP) is 3.05. The van der Waals surface area contributed by atoms with Crippen LogP contribution in [0.4, 0.5) is 0 Å². The summed E-state index contributed by atoms with van der Waals surface area (Å²) in [6, 6.07) is 0.287. The van der Waals surface area contributed by atoms with Crippen molar-refractivity contribution in [2.24, 2.45) is 11.7 Å². The van der Waals surface area contributed by atoms with Crippen molar-refractivity contribution >= 4 is 0 Å².